The Morgan fingerprint density at radius 3 is 2.65 bits per heavy atom. The van der Waals surface area contributed by atoms with Gasteiger partial charge in [0, 0.05) is 12.1 Å². The van der Waals surface area contributed by atoms with E-state index in [0.717, 1.165) is 16.3 Å². The van der Waals surface area contributed by atoms with Crippen LogP contribution in [0, 0.1) is 0 Å². The fraction of sp³-hybridized carbons (Fsp3) is 0.133. The second-order valence-electron chi connectivity index (χ2n) is 4.17. The Bertz CT molecular complexity index is 567. The van der Waals surface area contributed by atoms with Gasteiger partial charge in [-0.15, -0.1) is 0 Å². The van der Waals surface area contributed by atoms with E-state index in [4.69, 9.17) is 0 Å². The number of benzene rings is 2. The molecule has 2 aromatic carbocycles. The summed E-state index contributed by atoms with van der Waals surface area (Å²) in [6.07, 6.45) is 0. The molecule has 86 valence electrons. The van der Waals surface area contributed by atoms with Crippen LogP contribution >= 0.6 is 0 Å². The number of rotatable bonds is 3. The Hall–Kier alpha value is -2.09. The first-order valence-corrected chi connectivity index (χ1v) is 5.59. The molecule has 0 unspecified atom stereocenters. The molecule has 0 bridgehead atoms. The largest absolute Gasteiger partial charge is 0.348 e. The second-order valence-corrected chi connectivity index (χ2v) is 4.17. The van der Waals surface area contributed by atoms with Crippen molar-refractivity contribution in [1.29, 1.82) is 0 Å². The number of nitrogens with one attached hydrogen (secondary N) is 1. The third kappa shape index (κ3) is 2.53. The van der Waals surface area contributed by atoms with E-state index in [1.54, 1.807) is 0 Å². The van der Waals surface area contributed by atoms with Gasteiger partial charge in [0.2, 0.25) is 0 Å². The first kappa shape index (κ1) is 11.4. The Kier molecular flexibility index (Phi) is 3.24. The minimum atomic E-state index is -0.0511. The Labute approximate surface area is 101 Å². The van der Waals surface area contributed by atoms with Crippen LogP contribution < -0.4 is 5.32 Å². The van der Waals surface area contributed by atoms with Crippen molar-refractivity contribution < 1.29 is 4.79 Å². The molecule has 2 rings (SSSR count). The average Bonchev–Trinajstić information content (AvgIpc) is 2.35. The van der Waals surface area contributed by atoms with E-state index in [1.165, 1.54) is 0 Å². The minimum Gasteiger partial charge on any atom is -0.348 e. The third-order valence-electron chi connectivity index (χ3n) is 2.58. The molecule has 0 spiro atoms. The maximum Gasteiger partial charge on any atom is 0.252 e. The average molecular weight is 225 g/mol. The summed E-state index contributed by atoms with van der Waals surface area (Å²) >= 11 is 0. The highest BCUT2D eigenvalue weighted by molar-refractivity contribution is 6.07. The predicted molar refractivity (Wildman–Crippen MR) is 71.1 cm³/mol. The van der Waals surface area contributed by atoms with Gasteiger partial charge in [0.15, 0.2) is 0 Å². The van der Waals surface area contributed by atoms with Crippen molar-refractivity contribution in [2.24, 2.45) is 0 Å². The molecule has 2 heteroatoms. The summed E-state index contributed by atoms with van der Waals surface area (Å²) in [7, 11) is 0. The number of hydrogen-bond acceptors (Lipinski definition) is 1. The lowest BCUT2D eigenvalue weighted by molar-refractivity contribution is 0.0958. The monoisotopic (exact) mass is 225 g/mol. The highest BCUT2D eigenvalue weighted by atomic mass is 16.1. The lowest BCUT2D eigenvalue weighted by atomic mass is 10.0. The molecule has 2 aromatic rings. The Balaban J connectivity index is 2.35. The van der Waals surface area contributed by atoms with Crippen LogP contribution in [0.5, 0.6) is 0 Å². The topological polar surface area (TPSA) is 29.1 Å². The van der Waals surface area contributed by atoms with Crippen LogP contribution in [-0.4, -0.2) is 12.5 Å². The highest BCUT2D eigenvalue weighted by Gasteiger charge is 2.08. The van der Waals surface area contributed by atoms with E-state index in [2.05, 4.69) is 11.9 Å². The number of amides is 1. The molecule has 0 aliphatic carbocycles. The van der Waals surface area contributed by atoms with Gasteiger partial charge in [-0.2, -0.15) is 0 Å². The van der Waals surface area contributed by atoms with E-state index < -0.39 is 0 Å². The zero-order valence-electron chi connectivity index (χ0n) is 9.86. The number of fused-ring (bicyclic) bond motifs is 1. The molecular formula is C15H15NO. The smallest absolute Gasteiger partial charge is 0.252 e. The van der Waals surface area contributed by atoms with Crippen molar-refractivity contribution >= 4 is 16.7 Å². The van der Waals surface area contributed by atoms with Gasteiger partial charge in [0.05, 0.1) is 0 Å². The molecule has 0 fully saturated rings. The van der Waals surface area contributed by atoms with Crippen LogP contribution in [0.4, 0.5) is 0 Å². The third-order valence-corrected chi connectivity index (χ3v) is 2.58. The lowest BCUT2D eigenvalue weighted by Crippen LogP contribution is -2.24. The fourth-order valence-corrected chi connectivity index (χ4v) is 1.75. The second kappa shape index (κ2) is 4.83. The first-order valence-electron chi connectivity index (χ1n) is 5.59. The van der Waals surface area contributed by atoms with Gasteiger partial charge in [0.1, 0.15) is 0 Å². The van der Waals surface area contributed by atoms with Crippen LogP contribution in [-0.2, 0) is 0 Å². The molecule has 0 heterocycles. The molecule has 0 radical (unpaired) electrons. The van der Waals surface area contributed by atoms with Crippen LogP contribution in [0.15, 0.2) is 54.6 Å². The standard InChI is InChI=1S/C15H15NO/c1-11(2)10-16-15(17)14-9-5-7-12-6-3-4-8-13(12)14/h3-9H,1,10H2,2H3,(H,16,17). The SMILES string of the molecule is C=C(C)CNC(=O)c1cccc2ccccc12. The quantitative estimate of drug-likeness (QED) is 0.799. The van der Waals surface area contributed by atoms with E-state index in [0.29, 0.717) is 12.1 Å². The van der Waals surface area contributed by atoms with Crippen LogP contribution in [0.1, 0.15) is 17.3 Å². The van der Waals surface area contributed by atoms with Gasteiger partial charge in [-0.05, 0) is 23.8 Å². The summed E-state index contributed by atoms with van der Waals surface area (Å²) in [4.78, 5) is 12.0. The zero-order chi connectivity index (χ0) is 12.3. The van der Waals surface area contributed by atoms with E-state index in [1.807, 2.05) is 49.4 Å². The Morgan fingerprint density at radius 2 is 1.88 bits per heavy atom. The number of carbonyl (C=O) groups is 1. The molecule has 0 aromatic heterocycles. The highest BCUT2D eigenvalue weighted by Crippen LogP contribution is 2.18. The van der Waals surface area contributed by atoms with Crippen LogP contribution in [0.2, 0.25) is 0 Å². The maximum absolute atomic E-state index is 12.0. The molecular weight excluding hydrogens is 210 g/mol. The van der Waals surface area contributed by atoms with Gasteiger partial charge < -0.3 is 5.32 Å². The summed E-state index contributed by atoms with van der Waals surface area (Å²) in [6.45, 7) is 6.18. The fourth-order valence-electron chi connectivity index (χ4n) is 1.75. The van der Waals surface area contributed by atoms with E-state index in [9.17, 15) is 4.79 Å². The van der Waals surface area contributed by atoms with Gasteiger partial charge in [0.25, 0.3) is 5.91 Å². The summed E-state index contributed by atoms with van der Waals surface area (Å²) in [5.74, 6) is -0.0511. The molecule has 0 saturated heterocycles. The van der Waals surface area contributed by atoms with Crippen molar-refractivity contribution in [3.8, 4) is 0 Å². The predicted octanol–water partition coefficient (Wildman–Crippen LogP) is 3.15. The molecule has 0 aliphatic heterocycles. The van der Waals surface area contributed by atoms with Crippen LogP contribution in [0.3, 0.4) is 0 Å². The summed E-state index contributed by atoms with van der Waals surface area (Å²) in [6, 6.07) is 13.6. The lowest BCUT2D eigenvalue weighted by Gasteiger charge is -2.07. The van der Waals surface area contributed by atoms with Crippen molar-refractivity contribution in [2.45, 2.75) is 6.92 Å². The first-order chi connectivity index (χ1) is 8.18. The number of carbonyl (C=O) groups excluding carboxylic acids is 1. The normalized spacial score (nSPS) is 10.2. The summed E-state index contributed by atoms with van der Waals surface area (Å²) < 4.78 is 0. The molecule has 0 atom stereocenters. The van der Waals surface area contributed by atoms with Crippen molar-refractivity contribution in [3.63, 3.8) is 0 Å². The molecule has 17 heavy (non-hydrogen) atoms. The molecule has 2 nitrogen and oxygen atoms in total. The Morgan fingerprint density at radius 1 is 1.18 bits per heavy atom. The molecule has 0 saturated carbocycles. The van der Waals surface area contributed by atoms with Crippen molar-refractivity contribution in [1.82, 2.24) is 5.32 Å². The molecule has 1 N–H and O–H groups in total. The molecule has 1 amide bonds. The van der Waals surface area contributed by atoms with Gasteiger partial charge in [-0.25, -0.2) is 0 Å². The van der Waals surface area contributed by atoms with Crippen molar-refractivity contribution in [3.05, 3.63) is 60.2 Å². The van der Waals surface area contributed by atoms with Crippen molar-refractivity contribution in [2.75, 3.05) is 6.54 Å². The van der Waals surface area contributed by atoms with E-state index >= 15 is 0 Å². The summed E-state index contributed by atoms with van der Waals surface area (Å²) in [5.41, 5.74) is 1.66. The minimum absolute atomic E-state index is 0.0511. The van der Waals surface area contributed by atoms with Gasteiger partial charge in [-0.3, -0.25) is 4.79 Å². The van der Waals surface area contributed by atoms with E-state index in [-0.39, 0.29) is 5.91 Å². The van der Waals surface area contributed by atoms with Gasteiger partial charge in [-0.1, -0.05) is 48.6 Å². The number of hydrogen-bond donors (Lipinski definition) is 1. The summed E-state index contributed by atoms with van der Waals surface area (Å²) in [5, 5.41) is 4.91. The van der Waals surface area contributed by atoms with Gasteiger partial charge >= 0.3 is 0 Å². The van der Waals surface area contributed by atoms with Crippen LogP contribution in [0.25, 0.3) is 10.8 Å². The zero-order valence-corrected chi connectivity index (χ0v) is 9.86. The molecule has 0 aliphatic rings. The maximum atomic E-state index is 12.0.